The summed E-state index contributed by atoms with van der Waals surface area (Å²) >= 11 is 0. The van der Waals surface area contributed by atoms with Crippen molar-refractivity contribution in [3.05, 3.63) is 70.2 Å². The molecule has 0 radical (unpaired) electrons. The second-order valence-corrected chi connectivity index (χ2v) is 33.6. The zero-order chi connectivity index (χ0) is 68.9. The number of anilines is 1. The van der Waals surface area contributed by atoms with Gasteiger partial charge >= 0.3 is 0 Å². The Balaban J connectivity index is 0.000000363. The van der Waals surface area contributed by atoms with Crippen molar-refractivity contribution in [1.29, 1.82) is 0 Å². The maximum absolute atomic E-state index is 6.40. The van der Waals surface area contributed by atoms with E-state index in [0.717, 1.165) is 115 Å². The zero-order valence-electron chi connectivity index (χ0n) is 65.9. The Bertz CT molecular complexity index is 2200. The van der Waals surface area contributed by atoms with Gasteiger partial charge in [0.15, 0.2) is 0 Å². The Morgan fingerprint density at radius 3 is 1.83 bits per heavy atom. The van der Waals surface area contributed by atoms with E-state index in [1.807, 2.05) is 13.8 Å². The van der Waals surface area contributed by atoms with Crippen molar-refractivity contribution >= 4 is 5.82 Å². The quantitative estimate of drug-likeness (QED) is 0.0424. The van der Waals surface area contributed by atoms with Gasteiger partial charge in [0, 0.05) is 28.3 Å². The van der Waals surface area contributed by atoms with E-state index in [0.29, 0.717) is 6.04 Å². The molecular formula is C87H162N6. The van der Waals surface area contributed by atoms with Crippen LogP contribution in [0.15, 0.2) is 53.4 Å². The molecule has 0 spiro atoms. The highest BCUT2D eigenvalue weighted by molar-refractivity contribution is 5.47. The standard InChI is InChI=1S/C32H56N2.C30H60N2.C23H40N2.C2H6/c1-10-23(3)22-33-26(6)14-12-13-25(5)19-30-21-29(20-28-17-15-24(4)16-18-28)27(7)34-31(30)32(8,9)11-2;1-5-9-14-26(8-4)21-31-23-29-17-10-11-18-30(29)24-32-22-28-16-12-15-27(20-28)19-25(7-3)13-6-2;1-7-16(2)12-13-23(5,6)21-18(4)14-20(22(24)25-21)15-19-10-8-17(3)9-11-19;1-2/h21,23-24,26,28,33-34H,5,7,10-20,22H2,1-4,6,8-9H3;25-32H,5-24H2,1-4H3;14,16-17,19H,7-13,15H2,1-6H3,(H2,24,25);1-2H3/t23?,24?,26-,28?;25?,26-,27?,28+,29?,30?;;/m11../s1. The number of nitrogens with one attached hydrogen (secondary N) is 4. The summed E-state index contributed by atoms with van der Waals surface area (Å²) in [5, 5.41) is 15.4. The lowest BCUT2D eigenvalue weighted by atomic mass is 9.76. The molecule has 0 aromatic carbocycles. The molecule has 0 saturated heterocycles. The predicted octanol–water partition coefficient (Wildman–Crippen LogP) is 24.8. The molecular weight excluding hydrogens is 1130 g/mol. The zero-order valence-corrected chi connectivity index (χ0v) is 65.9. The number of pyridine rings is 1. The minimum atomic E-state index is 0.0977. The van der Waals surface area contributed by atoms with E-state index in [9.17, 15) is 0 Å². The molecule has 540 valence electrons. The van der Waals surface area contributed by atoms with Gasteiger partial charge in [-0.25, -0.2) is 4.98 Å². The Morgan fingerprint density at radius 1 is 0.645 bits per heavy atom. The van der Waals surface area contributed by atoms with Crippen molar-refractivity contribution in [3.8, 4) is 0 Å². The van der Waals surface area contributed by atoms with Gasteiger partial charge in [-0.15, -0.1) is 0 Å². The largest absolute Gasteiger partial charge is 0.383 e. The SMILES string of the molecule is C=C(CCC[C@@H](C)NCC(C)CC)CC1=C(C(C)(C)CC)NC(=C)C(CC2CCC(C)CC2)=C1.CC.CCC(C)CCC(C)(C)c1nc(N)c(CC2CCC(C)CC2)cc1C.CCCC[C@@H](CC)CNCC1CCCCC1CNC[C@H]1CCCC(CC(CC)CCC)C1. The number of hydrogen-bond donors (Lipinski definition) is 5. The van der Waals surface area contributed by atoms with Crippen LogP contribution >= 0.6 is 0 Å². The summed E-state index contributed by atoms with van der Waals surface area (Å²) in [5.74, 6) is 11.4. The van der Waals surface area contributed by atoms with E-state index in [4.69, 9.17) is 10.7 Å². The van der Waals surface area contributed by atoms with Crippen LogP contribution in [0.2, 0.25) is 0 Å². The van der Waals surface area contributed by atoms with Gasteiger partial charge in [-0.1, -0.05) is 251 Å². The molecule has 0 amide bonds. The van der Waals surface area contributed by atoms with E-state index in [2.05, 4.69) is 164 Å². The number of dihydropyridines is 1. The maximum Gasteiger partial charge on any atom is 0.126 e. The number of hydrogen-bond acceptors (Lipinski definition) is 6. The van der Waals surface area contributed by atoms with Gasteiger partial charge in [-0.05, 0) is 262 Å². The Labute approximate surface area is 581 Å². The molecule has 4 saturated carbocycles. The summed E-state index contributed by atoms with van der Waals surface area (Å²) in [7, 11) is 0. The van der Waals surface area contributed by atoms with E-state index in [1.54, 1.807) is 0 Å². The third-order valence-electron chi connectivity index (χ3n) is 24.3. The number of nitrogen functional groups attached to an aromatic ring is 1. The Morgan fingerprint density at radius 2 is 1.25 bits per heavy atom. The smallest absolute Gasteiger partial charge is 0.126 e. The van der Waals surface area contributed by atoms with Crippen molar-refractivity contribution in [1.82, 2.24) is 26.3 Å². The van der Waals surface area contributed by atoms with Crippen LogP contribution in [0.25, 0.3) is 0 Å². The minimum absolute atomic E-state index is 0.0977. The average Bonchev–Trinajstić information content (AvgIpc) is 0.971. The van der Waals surface area contributed by atoms with E-state index in [1.165, 1.54) is 264 Å². The third kappa shape index (κ3) is 32.4. The first-order chi connectivity index (χ1) is 44.5. The molecule has 6 unspecified atom stereocenters. The van der Waals surface area contributed by atoms with Crippen LogP contribution in [0.4, 0.5) is 5.82 Å². The number of nitrogens with two attached hydrogens (primary N) is 1. The van der Waals surface area contributed by atoms with Crippen LogP contribution in [0.5, 0.6) is 0 Å². The molecule has 2 heterocycles. The molecule has 6 rings (SSSR count). The first-order valence-corrected chi connectivity index (χ1v) is 41.0. The highest BCUT2D eigenvalue weighted by atomic mass is 14.9. The van der Waals surface area contributed by atoms with Gasteiger partial charge in [0.1, 0.15) is 5.82 Å². The van der Waals surface area contributed by atoms with Crippen LogP contribution in [0.1, 0.15) is 360 Å². The van der Waals surface area contributed by atoms with Gasteiger partial charge in [0.25, 0.3) is 0 Å². The van der Waals surface area contributed by atoms with E-state index < -0.39 is 0 Å². The van der Waals surface area contributed by atoms with Crippen molar-refractivity contribution in [3.63, 3.8) is 0 Å². The topological polar surface area (TPSA) is 87.0 Å². The molecule has 1 aliphatic heterocycles. The molecule has 1 aromatic heterocycles. The number of nitrogens with zero attached hydrogens (tertiary/aromatic N) is 1. The highest BCUT2D eigenvalue weighted by Crippen LogP contribution is 2.42. The first-order valence-electron chi connectivity index (χ1n) is 41.0. The lowest BCUT2D eigenvalue weighted by Crippen LogP contribution is -2.39. The lowest BCUT2D eigenvalue weighted by Gasteiger charge is -2.36. The van der Waals surface area contributed by atoms with Crippen LogP contribution in [-0.2, 0) is 11.8 Å². The van der Waals surface area contributed by atoms with Crippen LogP contribution in [0, 0.1) is 83.4 Å². The molecule has 9 atom stereocenters. The summed E-state index contributed by atoms with van der Waals surface area (Å²) in [6.07, 6.45) is 49.3. The van der Waals surface area contributed by atoms with E-state index >= 15 is 0 Å². The monoisotopic (exact) mass is 1290 g/mol. The van der Waals surface area contributed by atoms with Crippen molar-refractivity contribution in [2.24, 2.45) is 76.4 Å². The fourth-order valence-corrected chi connectivity index (χ4v) is 16.5. The molecule has 0 bridgehead atoms. The highest BCUT2D eigenvalue weighted by Gasteiger charge is 2.32. The summed E-state index contributed by atoms with van der Waals surface area (Å²) in [5.41, 5.74) is 17.2. The van der Waals surface area contributed by atoms with Gasteiger partial charge in [-0.3, -0.25) is 0 Å². The van der Waals surface area contributed by atoms with Crippen LogP contribution < -0.4 is 27.0 Å². The number of aromatic nitrogens is 1. The van der Waals surface area contributed by atoms with Crippen molar-refractivity contribution < 1.29 is 0 Å². The fourth-order valence-electron chi connectivity index (χ4n) is 16.5. The summed E-state index contributed by atoms with van der Waals surface area (Å²) in [6, 6.07) is 2.92. The van der Waals surface area contributed by atoms with E-state index in [-0.39, 0.29) is 10.8 Å². The van der Waals surface area contributed by atoms with Gasteiger partial charge in [-0.2, -0.15) is 0 Å². The van der Waals surface area contributed by atoms with Crippen LogP contribution in [0.3, 0.4) is 0 Å². The molecule has 6 N–H and O–H groups in total. The molecule has 6 heteroatoms. The third-order valence-corrected chi connectivity index (χ3v) is 24.3. The Kier molecular flexibility index (Phi) is 42.7. The van der Waals surface area contributed by atoms with Crippen molar-refractivity contribution in [2.75, 3.05) is 38.5 Å². The first kappa shape index (κ1) is 84.8. The summed E-state index contributed by atoms with van der Waals surface area (Å²) in [6.45, 7) is 58.8. The van der Waals surface area contributed by atoms with Crippen molar-refractivity contribution in [2.45, 2.75) is 368 Å². The molecule has 1 aromatic rings. The average molecular weight is 1290 g/mol. The number of rotatable bonds is 38. The van der Waals surface area contributed by atoms with Gasteiger partial charge in [0.05, 0.1) is 5.69 Å². The number of unbranched alkanes of at least 4 members (excludes halogenated alkanes) is 1. The number of aryl methyl sites for hydroxylation is 1. The molecule has 6 nitrogen and oxygen atoms in total. The lowest BCUT2D eigenvalue weighted by molar-refractivity contribution is 0.196. The molecule has 93 heavy (non-hydrogen) atoms. The predicted molar refractivity (Wildman–Crippen MR) is 416 cm³/mol. The maximum atomic E-state index is 6.40. The Hall–Kier alpha value is -2.41. The normalized spacial score (nSPS) is 24.5. The fraction of sp³-hybridized carbons (Fsp3) is 0.851. The summed E-state index contributed by atoms with van der Waals surface area (Å²) < 4.78 is 0. The minimum Gasteiger partial charge on any atom is -0.383 e. The second-order valence-electron chi connectivity index (χ2n) is 33.6. The van der Waals surface area contributed by atoms with Crippen LogP contribution in [-0.4, -0.2) is 43.7 Å². The number of allylic oxidation sites excluding steroid dienone is 5. The second kappa shape index (κ2) is 46.8. The van der Waals surface area contributed by atoms with Gasteiger partial charge < -0.3 is 27.0 Å². The molecule has 5 aliphatic rings. The molecule has 4 fully saturated rings. The summed E-state index contributed by atoms with van der Waals surface area (Å²) in [4.78, 5) is 4.91. The molecule has 4 aliphatic carbocycles. The van der Waals surface area contributed by atoms with Gasteiger partial charge in [0.2, 0.25) is 0 Å².